The molecule has 6 heteroatoms. The summed E-state index contributed by atoms with van der Waals surface area (Å²) in [6, 6.07) is 16.0. The van der Waals surface area contributed by atoms with E-state index in [1.165, 1.54) is 0 Å². The number of amides is 1. The Kier molecular flexibility index (Phi) is 5.34. The number of aliphatic carboxylic acids is 1. The Labute approximate surface area is 150 Å². The highest BCUT2D eigenvalue weighted by molar-refractivity contribution is 5.95. The lowest BCUT2D eigenvalue weighted by atomic mass is 10.1. The van der Waals surface area contributed by atoms with Crippen molar-refractivity contribution in [3.63, 3.8) is 0 Å². The van der Waals surface area contributed by atoms with Crippen molar-refractivity contribution < 1.29 is 24.2 Å². The molecule has 1 heterocycles. The molecule has 0 aliphatic rings. The summed E-state index contributed by atoms with van der Waals surface area (Å²) in [6.45, 7) is -0.309. The number of benzene rings is 2. The minimum Gasteiger partial charge on any atom is -0.481 e. The maximum absolute atomic E-state index is 12.3. The zero-order valence-electron chi connectivity index (χ0n) is 14.0. The van der Waals surface area contributed by atoms with Gasteiger partial charge in [-0.3, -0.25) is 9.59 Å². The van der Waals surface area contributed by atoms with Crippen LogP contribution in [0.2, 0.25) is 0 Å². The summed E-state index contributed by atoms with van der Waals surface area (Å²) < 4.78 is 5.80. The van der Waals surface area contributed by atoms with E-state index < -0.39 is 12.0 Å². The van der Waals surface area contributed by atoms with Gasteiger partial charge in [0.05, 0.1) is 12.6 Å². The molecule has 0 saturated heterocycles. The molecule has 1 aromatic heterocycles. The Morgan fingerprint density at radius 2 is 1.81 bits per heavy atom. The molecular formula is C20H19NO5. The maximum Gasteiger partial charge on any atom is 0.303 e. The van der Waals surface area contributed by atoms with Crippen LogP contribution < -0.4 is 5.32 Å². The van der Waals surface area contributed by atoms with Crippen LogP contribution in [0.4, 0.5) is 0 Å². The summed E-state index contributed by atoms with van der Waals surface area (Å²) in [5.74, 6) is -0.605. The van der Waals surface area contributed by atoms with Gasteiger partial charge >= 0.3 is 5.97 Å². The Balaban J connectivity index is 1.70. The van der Waals surface area contributed by atoms with Crippen LogP contribution in [0.25, 0.3) is 22.3 Å². The standard InChI is InChI=1S/C20H19NO5/c22-12-16(9-10-19(23)24)21-20(25)14-7-5-13(6-8-14)18-11-15-3-1-2-4-17(15)26-18/h1-8,11,16,22H,9-10,12H2,(H,21,25)(H,23,24)/t16-/m0/s1. The molecule has 26 heavy (non-hydrogen) atoms. The average Bonchev–Trinajstić information content (AvgIpc) is 3.09. The third kappa shape index (κ3) is 4.10. The SMILES string of the molecule is O=C(O)CC[C@@H](CO)NC(=O)c1ccc(-c2cc3ccccc3o2)cc1. The van der Waals surface area contributed by atoms with Crippen molar-refractivity contribution in [2.45, 2.75) is 18.9 Å². The van der Waals surface area contributed by atoms with E-state index in [4.69, 9.17) is 9.52 Å². The molecule has 3 aromatic rings. The van der Waals surface area contributed by atoms with Crippen molar-refractivity contribution >= 4 is 22.8 Å². The van der Waals surface area contributed by atoms with Gasteiger partial charge in [-0.1, -0.05) is 30.3 Å². The topological polar surface area (TPSA) is 99.8 Å². The fraction of sp³-hybridized carbons (Fsp3) is 0.200. The number of rotatable bonds is 7. The minimum atomic E-state index is -0.965. The molecule has 0 radical (unpaired) electrons. The number of aliphatic hydroxyl groups excluding tert-OH is 1. The lowest BCUT2D eigenvalue weighted by Crippen LogP contribution is -2.37. The number of carboxylic acid groups (broad SMARTS) is 1. The molecular weight excluding hydrogens is 334 g/mol. The number of hydrogen-bond acceptors (Lipinski definition) is 4. The maximum atomic E-state index is 12.3. The summed E-state index contributed by atoms with van der Waals surface area (Å²) in [4.78, 5) is 22.9. The first kappa shape index (κ1) is 17.7. The fourth-order valence-corrected chi connectivity index (χ4v) is 2.69. The molecule has 6 nitrogen and oxygen atoms in total. The first-order chi connectivity index (χ1) is 12.6. The number of para-hydroxylation sites is 1. The molecule has 134 valence electrons. The van der Waals surface area contributed by atoms with Gasteiger partial charge in [-0.2, -0.15) is 0 Å². The van der Waals surface area contributed by atoms with E-state index in [9.17, 15) is 14.7 Å². The molecule has 2 aromatic carbocycles. The largest absolute Gasteiger partial charge is 0.481 e. The first-order valence-electron chi connectivity index (χ1n) is 8.29. The second kappa shape index (κ2) is 7.84. The number of carbonyl (C=O) groups is 2. The van der Waals surface area contributed by atoms with E-state index in [1.807, 2.05) is 30.3 Å². The highest BCUT2D eigenvalue weighted by Crippen LogP contribution is 2.27. The van der Waals surface area contributed by atoms with E-state index in [0.717, 1.165) is 16.5 Å². The normalized spacial score (nSPS) is 12.0. The molecule has 3 rings (SSSR count). The Hall–Kier alpha value is -3.12. The van der Waals surface area contributed by atoms with Crippen LogP contribution in [0.1, 0.15) is 23.2 Å². The van der Waals surface area contributed by atoms with Gasteiger partial charge in [-0.15, -0.1) is 0 Å². The fourth-order valence-electron chi connectivity index (χ4n) is 2.69. The van der Waals surface area contributed by atoms with Crippen LogP contribution >= 0.6 is 0 Å². The van der Waals surface area contributed by atoms with Crippen molar-refractivity contribution in [3.05, 3.63) is 60.2 Å². The van der Waals surface area contributed by atoms with Crippen LogP contribution in [0.5, 0.6) is 0 Å². The zero-order valence-corrected chi connectivity index (χ0v) is 14.0. The predicted molar refractivity (Wildman–Crippen MR) is 96.9 cm³/mol. The third-order valence-corrected chi connectivity index (χ3v) is 4.12. The van der Waals surface area contributed by atoms with E-state index >= 15 is 0 Å². The second-order valence-corrected chi connectivity index (χ2v) is 6.01. The Morgan fingerprint density at radius 1 is 1.08 bits per heavy atom. The van der Waals surface area contributed by atoms with E-state index in [2.05, 4.69) is 5.32 Å². The molecule has 1 amide bonds. The summed E-state index contributed by atoms with van der Waals surface area (Å²) in [5.41, 5.74) is 2.08. The number of aliphatic hydroxyl groups is 1. The minimum absolute atomic E-state index is 0.115. The van der Waals surface area contributed by atoms with Gasteiger partial charge < -0.3 is 19.9 Å². The molecule has 3 N–H and O–H groups in total. The van der Waals surface area contributed by atoms with E-state index in [-0.39, 0.29) is 25.4 Å². The van der Waals surface area contributed by atoms with Gasteiger partial charge in [0.2, 0.25) is 0 Å². The highest BCUT2D eigenvalue weighted by Gasteiger charge is 2.15. The number of carboxylic acids is 1. The zero-order chi connectivity index (χ0) is 18.5. The van der Waals surface area contributed by atoms with Crippen LogP contribution in [0.3, 0.4) is 0 Å². The predicted octanol–water partition coefficient (Wildman–Crippen LogP) is 3.06. The van der Waals surface area contributed by atoms with Gasteiger partial charge in [0.15, 0.2) is 0 Å². The summed E-state index contributed by atoms with van der Waals surface area (Å²) in [7, 11) is 0. The van der Waals surface area contributed by atoms with Gasteiger partial charge in [-0.25, -0.2) is 0 Å². The number of furan rings is 1. The monoisotopic (exact) mass is 353 g/mol. The van der Waals surface area contributed by atoms with Crippen molar-refractivity contribution in [1.29, 1.82) is 0 Å². The number of fused-ring (bicyclic) bond motifs is 1. The molecule has 0 unspecified atom stereocenters. The third-order valence-electron chi connectivity index (χ3n) is 4.12. The number of hydrogen-bond donors (Lipinski definition) is 3. The van der Waals surface area contributed by atoms with Gasteiger partial charge in [0, 0.05) is 22.9 Å². The molecule has 0 bridgehead atoms. The van der Waals surface area contributed by atoms with Crippen LogP contribution in [-0.4, -0.2) is 34.7 Å². The van der Waals surface area contributed by atoms with Crippen LogP contribution in [0.15, 0.2) is 59.0 Å². The quantitative estimate of drug-likeness (QED) is 0.606. The van der Waals surface area contributed by atoms with Crippen LogP contribution in [0, 0.1) is 0 Å². The van der Waals surface area contributed by atoms with E-state index in [0.29, 0.717) is 11.3 Å². The number of nitrogens with one attached hydrogen (secondary N) is 1. The second-order valence-electron chi connectivity index (χ2n) is 6.01. The molecule has 0 saturated carbocycles. The Morgan fingerprint density at radius 3 is 2.46 bits per heavy atom. The van der Waals surface area contributed by atoms with Gasteiger partial charge in [0.1, 0.15) is 11.3 Å². The first-order valence-corrected chi connectivity index (χ1v) is 8.29. The molecule has 0 fully saturated rings. The lowest BCUT2D eigenvalue weighted by Gasteiger charge is -2.15. The Bertz CT molecular complexity index is 880. The summed E-state index contributed by atoms with van der Waals surface area (Å²) in [6.07, 6.45) is 0.0607. The summed E-state index contributed by atoms with van der Waals surface area (Å²) >= 11 is 0. The number of carbonyl (C=O) groups excluding carboxylic acids is 1. The molecule has 0 aliphatic heterocycles. The van der Waals surface area contributed by atoms with Crippen molar-refractivity contribution in [2.24, 2.45) is 0 Å². The highest BCUT2D eigenvalue weighted by atomic mass is 16.4. The van der Waals surface area contributed by atoms with Gasteiger partial charge in [0.25, 0.3) is 5.91 Å². The van der Waals surface area contributed by atoms with Crippen molar-refractivity contribution in [1.82, 2.24) is 5.32 Å². The average molecular weight is 353 g/mol. The van der Waals surface area contributed by atoms with Crippen molar-refractivity contribution in [2.75, 3.05) is 6.61 Å². The molecule has 0 aliphatic carbocycles. The van der Waals surface area contributed by atoms with Crippen LogP contribution in [-0.2, 0) is 4.79 Å². The van der Waals surface area contributed by atoms with E-state index in [1.54, 1.807) is 24.3 Å². The van der Waals surface area contributed by atoms with Crippen molar-refractivity contribution in [3.8, 4) is 11.3 Å². The molecule has 1 atom stereocenters. The molecule has 0 spiro atoms. The lowest BCUT2D eigenvalue weighted by molar-refractivity contribution is -0.137. The summed E-state index contributed by atoms with van der Waals surface area (Å²) in [5, 5.41) is 21.6. The van der Waals surface area contributed by atoms with Gasteiger partial charge in [-0.05, 0) is 30.7 Å². The smallest absolute Gasteiger partial charge is 0.303 e.